The van der Waals surface area contributed by atoms with Crippen LogP contribution in [0.5, 0.6) is 0 Å². The molecule has 0 unspecified atom stereocenters. The Morgan fingerprint density at radius 3 is 1.91 bits per heavy atom. The number of benzene rings is 1. The Hall–Kier alpha value is -0.0857. The van der Waals surface area contributed by atoms with Gasteiger partial charge in [-0.2, -0.15) is 17.5 Å². The molecule has 0 atom stereocenters. The molecule has 0 aliphatic heterocycles. The molecule has 2 nitrogen and oxygen atoms in total. The van der Waals surface area contributed by atoms with E-state index in [4.69, 9.17) is 10.8 Å². The van der Waals surface area contributed by atoms with Crippen molar-refractivity contribution < 1.29 is 25.1 Å². The Labute approximate surface area is 160 Å². The molecule has 0 aliphatic carbocycles. The van der Waals surface area contributed by atoms with E-state index in [0.29, 0.717) is 0 Å². The van der Waals surface area contributed by atoms with E-state index in [9.17, 15) is 0 Å². The smallest absolute Gasteiger partial charge is 0.0809 e. The maximum atomic E-state index is 7.46. The number of aliphatic hydroxyl groups excluding tert-OH is 1. The summed E-state index contributed by atoms with van der Waals surface area (Å²) < 4.78 is 0. The molecule has 0 saturated carbocycles. The summed E-state index contributed by atoms with van der Waals surface area (Å²) in [6.07, 6.45) is 0. The zero-order valence-corrected chi connectivity index (χ0v) is 17.1. The van der Waals surface area contributed by atoms with Crippen LogP contribution in [0.25, 0.3) is 16.5 Å². The Kier molecular flexibility index (Phi) is 31.9. The second-order valence-electron chi connectivity index (χ2n) is 4.63. The predicted octanol–water partition coefficient (Wildman–Crippen LogP) is 5.47. The first-order valence-corrected chi connectivity index (χ1v) is 7.10. The van der Waals surface area contributed by atoms with Gasteiger partial charge in [0.05, 0.1) is 0 Å². The molecule has 0 spiro atoms. The molecule has 130 valence electrons. The summed E-state index contributed by atoms with van der Waals surface area (Å²) in [6, 6.07) is 14.7. The fourth-order valence-corrected chi connectivity index (χ4v) is 1.07. The summed E-state index contributed by atoms with van der Waals surface area (Å²) in [5.41, 5.74) is 6.69. The first-order valence-electron chi connectivity index (χ1n) is 5.99. The number of rotatable bonds is 0. The molecule has 0 bridgehead atoms. The molecular weight excluding hydrogens is 353 g/mol. The first-order chi connectivity index (χ1) is 8.88. The Bertz CT molecular complexity index is 392. The first kappa shape index (κ1) is 33.5. The number of nitrogens with one attached hydrogen (secondary N) is 1. The summed E-state index contributed by atoms with van der Waals surface area (Å²) in [5, 5.41) is 10.1. The van der Waals surface area contributed by atoms with Gasteiger partial charge < -0.3 is 25.2 Å². The van der Waals surface area contributed by atoms with Crippen molar-refractivity contribution in [1.29, 1.82) is 0 Å². The van der Waals surface area contributed by atoms with Crippen LogP contribution in [0, 0.1) is 14.4 Å². The molecule has 2 rings (SSSR count). The molecule has 0 saturated heterocycles. The molecule has 0 radical (unpaired) electrons. The minimum atomic E-state index is -0.250. The molecule has 0 aromatic heterocycles. The van der Waals surface area contributed by atoms with Gasteiger partial charge in [-0.1, -0.05) is 33.4 Å². The van der Waals surface area contributed by atoms with Crippen molar-refractivity contribution in [3.05, 3.63) is 62.5 Å². The predicted molar refractivity (Wildman–Crippen MR) is 104 cm³/mol. The van der Waals surface area contributed by atoms with Crippen LogP contribution in [0.1, 0.15) is 20.8 Å². The van der Waals surface area contributed by atoms with Crippen molar-refractivity contribution in [2.45, 2.75) is 26.3 Å². The van der Waals surface area contributed by atoms with Gasteiger partial charge >= 0.3 is 24.8 Å². The zero-order chi connectivity index (χ0) is 15.3. The van der Waals surface area contributed by atoms with Gasteiger partial charge in [-0.15, -0.1) is 60.0 Å². The van der Waals surface area contributed by atoms with Gasteiger partial charge in [0.2, 0.25) is 0 Å². The van der Waals surface area contributed by atoms with Crippen molar-refractivity contribution in [1.82, 2.24) is 0 Å². The van der Waals surface area contributed by atoms with Crippen LogP contribution in [0.2, 0.25) is 0 Å². The van der Waals surface area contributed by atoms with Crippen LogP contribution in [-0.4, -0.2) is 22.1 Å². The summed E-state index contributed by atoms with van der Waals surface area (Å²) >= 11 is 1.75. The average molecular weight is 382 g/mol. The monoisotopic (exact) mass is 381 g/mol. The zero-order valence-electron chi connectivity index (χ0n) is 13.9. The summed E-state index contributed by atoms with van der Waals surface area (Å²) in [5.74, 6) is 0. The van der Waals surface area contributed by atoms with Crippen LogP contribution in [0.4, 0.5) is 0 Å². The molecule has 5 heteroatoms. The molecule has 0 aliphatic rings. The van der Waals surface area contributed by atoms with Crippen LogP contribution in [-0.2, 0) is 20.0 Å². The third-order valence-corrected chi connectivity index (χ3v) is 1.55. The van der Waals surface area contributed by atoms with E-state index in [0.717, 1.165) is 0 Å². The van der Waals surface area contributed by atoms with Crippen LogP contribution < -0.4 is 0 Å². The molecule has 0 fully saturated rings. The molecule has 2 N–H and O–H groups in total. The molecule has 2 aromatic carbocycles. The largest absolute Gasteiger partial charge is 0.358 e. The quantitative estimate of drug-likeness (QED) is 0.477. The van der Waals surface area contributed by atoms with Gasteiger partial charge in [0.15, 0.2) is 0 Å². The van der Waals surface area contributed by atoms with Gasteiger partial charge in [-0.3, -0.25) is 0 Å². The normalized spacial score (nSPS) is 7.86. The van der Waals surface area contributed by atoms with E-state index in [1.54, 1.807) is 20.0 Å². The summed E-state index contributed by atoms with van der Waals surface area (Å²) in [7, 11) is 0. The topological polar surface area (TPSA) is 44.0 Å². The third kappa shape index (κ3) is 24.9. The minimum absolute atomic E-state index is 0. The minimum Gasteiger partial charge on any atom is -0.358 e. The molecule has 2 aromatic rings. The number of fused-ring (bicyclic) bond motifs is 1. The van der Waals surface area contributed by atoms with Crippen molar-refractivity contribution in [3.63, 3.8) is 0 Å². The number of aliphatic hydroxyl groups is 1. The SMILES string of the molecule is CC(C)(C)[NH-].Cl.Cl.[CH2-]CO.[CH2]=[Ti].[CH3-].c1ccc2[cH-]ccc2c1. The summed E-state index contributed by atoms with van der Waals surface area (Å²) in [4.78, 5) is 3.25. The summed E-state index contributed by atoms with van der Waals surface area (Å²) in [6.45, 7) is 8.60. The van der Waals surface area contributed by atoms with Gasteiger partial charge in [0.25, 0.3) is 0 Å². The van der Waals surface area contributed by atoms with Crippen molar-refractivity contribution in [2.24, 2.45) is 0 Å². The number of hydrogen-bond acceptors (Lipinski definition) is 1. The molecule has 0 heterocycles. The van der Waals surface area contributed by atoms with Gasteiger partial charge in [-0.05, 0) is 0 Å². The van der Waals surface area contributed by atoms with Crippen molar-refractivity contribution in [3.8, 4) is 0 Å². The van der Waals surface area contributed by atoms with Crippen molar-refractivity contribution in [2.75, 3.05) is 6.61 Å². The Balaban J connectivity index is -0.0000000657. The van der Waals surface area contributed by atoms with Crippen LogP contribution in [0.15, 0.2) is 42.5 Å². The number of halogens is 2. The second kappa shape index (κ2) is 20.9. The van der Waals surface area contributed by atoms with E-state index < -0.39 is 0 Å². The fraction of sp³-hybridized carbons (Fsp3) is 0.294. The van der Waals surface area contributed by atoms with E-state index in [1.165, 1.54) is 10.8 Å². The van der Waals surface area contributed by atoms with Gasteiger partial charge in [0.1, 0.15) is 0 Å². The molecule has 0 amide bonds. The standard InChI is InChI=1S/C9H7.C4H10N.C2H5O.CH3.CH2.2ClH.Ti/c1-2-5-9-7-3-6-8(9)4-1;1-4(2,3)5;1-2-3;;;;;/h1-7H;5H,1-3H3;3H,1-2H2;1H3;1H2;2*1H;/q4*-1;;;;. The second-order valence-corrected chi connectivity index (χ2v) is 4.63. The van der Waals surface area contributed by atoms with E-state index in [-0.39, 0.29) is 44.4 Å². The van der Waals surface area contributed by atoms with E-state index >= 15 is 0 Å². The average Bonchev–Trinajstić information content (AvgIpc) is 2.78. The maximum absolute atomic E-state index is 7.46. The van der Waals surface area contributed by atoms with Crippen LogP contribution in [0.3, 0.4) is 0 Å². The maximum Gasteiger partial charge on any atom is -0.0809 e. The fourth-order valence-electron chi connectivity index (χ4n) is 1.07. The third-order valence-electron chi connectivity index (χ3n) is 1.55. The van der Waals surface area contributed by atoms with Gasteiger partial charge in [0, 0.05) is 0 Å². The number of hydrogen-bond donors (Lipinski definition) is 1. The van der Waals surface area contributed by atoms with E-state index in [1.807, 2.05) is 20.8 Å². The van der Waals surface area contributed by atoms with Gasteiger partial charge in [-0.25, -0.2) is 0 Å². The molecule has 22 heavy (non-hydrogen) atoms. The Morgan fingerprint density at radius 1 is 1.18 bits per heavy atom. The Morgan fingerprint density at radius 2 is 1.55 bits per heavy atom. The molecular formula is C17H29Cl2NOTi-4. The van der Waals surface area contributed by atoms with Crippen LogP contribution >= 0.6 is 24.8 Å². The van der Waals surface area contributed by atoms with E-state index in [2.05, 4.69) is 54.2 Å². The van der Waals surface area contributed by atoms with Crippen molar-refractivity contribution >= 4 is 40.4 Å².